The van der Waals surface area contributed by atoms with E-state index in [1.165, 1.54) is 0 Å². The number of rotatable bonds is 12. The Morgan fingerprint density at radius 3 is 1.36 bits per heavy atom. The van der Waals surface area contributed by atoms with Crippen molar-refractivity contribution < 1.29 is 29.4 Å². The Labute approximate surface area is 276 Å². The van der Waals surface area contributed by atoms with Gasteiger partial charge in [0, 0.05) is 36.8 Å². The van der Waals surface area contributed by atoms with Crippen molar-refractivity contribution >= 4 is 20.4 Å². The lowest BCUT2D eigenvalue weighted by atomic mass is 9.98. The van der Waals surface area contributed by atoms with Gasteiger partial charge in [-0.25, -0.2) is 0 Å². The van der Waals surface area contributed by atoms with E-state index in [-0.39, 0.29) is 36.7 Å². The molecule has 2 amide bonds. The van der Waals surface area contributed by atoms with Gasteiger partial charge in [-0.2, -0.15) is 0 Å². The molecule has 2 aliphatic rings. The predicted octanol–water partition coefficient (Wildman–Crippen LogP) is 3.68. The zero-order chi connectivity index (χ0) is 33.0. The molecule has 0 saturated heterocycles. The molecule has 9 heteroatoms. The van der Waals surface area contributed by atoms with Crippen LogP contribution in [0.5, 0.6) is 0 Å². The van der Waals surface area contributed by atoms with Crippen LogP contribution < -0.4 is 10.6 Å². The van der Waals surface area contributed by atoms with Crippen LogP contribution in [0.15, 0.2) is 109 Å². The van der Waals surface area contributed by atoms with Crippen molar-refractivity contribution in [1.82, 2.24) is 10.6 Å². The van der Waals surface area contributed by atoms with Gasteiger partial charge in [0.1, 0.15) is 0 Å². The summed E-state index contributed by atoms with van der Waals surface area (Å²) in [7, 11) is -4.20. The highest BCUT2D eigenvalue weighted by atomic mass is 28.4. The first-order valence-electron chi connectivity index (χ1n) is 16.3. The van der Waals surface area contributed by atoms with Gasteiger partial charge in [-0.05, 0) is 46.2 Å². The van der Waals surface area contributed by atoms with Crippen LogP contribution in [-0.2, 0) is 35.3 Å². The molecule has 6 N–H and O–H groups in total. The molecule has 0 aliphatic heterocycles. The van der Waals surface area contributed by atoms with Crippen LogP contribution in [0.4, 0.5) is 0 Å². The number of hydrogen-bond acceptors (Lipinski definition) is 6. The molecule has 244 valence electrons. The van der Waals surface area contributed by atoms with Crippen molar-refractivity contribution in [2.75, 3.05) is 0 Å². The Bertz CT molecular complexity index is 1560. The SMILES string of the molecule is O=C(N[C@H]1c2ccccc2C[C@H]1O)[C@H](Cc1ccccc1)C[Si](O)(O)C[C@@H](Cc1ccccc1)C(=O)N[C@H]1c2ccccc2C[C@H]1O. The van der Waals surface area contributed by atoms with E-state index in [4.69, 9.17) is 0 Å². The summed E-state index contributed by atoms with van der Waals surface area (Å²) in [6, 6.07) is 32.5. The molecule has 8 nitrogen and oxygen atoms in total. The van der Waals surface area contributed by atoms with Gasteiger partial charge in [-0.15, -0.1) is 0 Å². The van der Waals surface area contributed by atoms with E-state index in [0.717, 1.165) is 33.4 Å². The molecule has 0 bridgehead atoms. The van der Waals surface area contributed by atoms with E-state index in [9.17, 15) is 29.4 Å². The lowest BCUT2D eigenvalue weighted by Gasteiger charge is -2.29. The van der Waals surface area contributed by atoms with Crippen molar-refractivity contribution in [3.05, 3.63) is 143 Å². The minimum atomic E-state index is -4.20. The van der Waals surface area contributed by atoms with Gasteiger partial charge in [-0.3, -0.25) is 9.59 Å². The largest absolute Gasteiger partial charge is 0.411 e. The normalized spacial score (nSPS) is 21.4. The molecule has 6 atom stereocenters. The maximum atomic E-state index is 13.9. The molecular formula is C38H42N2O6Si. The third kappa shape index (κ3) is 7.89. The van der Waals surface area contributed by atoms with E-state index >= 15 is 0 Å². The number of carbonyl (C=O) groups excluding carboxylic acids is 2. The molecule has 0 unspecified atom stereocenters. The third-order valence-corrected chi connectivity index (χ3v) is 11.8. The Morgan fingerprint density at radius 1 is 0.596 bits per heavy atom. The summed E-state index contributed by atoms with van der Waals surface area (Å²) in [4.78, 5) is 51.2. The Morgan fingerprint density at radius 2 is 0.957 bits per heavy atom. The number of amides is 2. The fraction of sp³-hybridized carbons (Fsp3) is 0.316. The molecular weight excluding hydrogens is 609 g/mol. The van der Waals surface area contributed by atoms with E-state index in [1.807, 2.05) is 109 Å². The summed E-state index contributed by atoms with van der Waals surface area (Å²) in [6.07, 6.45) is -0.163. The van der Waals surface area contributed by atoms with Crippen LogP contribution in [0.25, 0.3) is 0 Å². The average molecular weight is 651 g/mol. The first-order chi connectivity index (χ1) is 22.7. The monoisotopic (exact) mass is 650 g/mol. The number of aliphatic hydroxyl groups excluding tert-OH is 2. The Kier molecular flexibility index (Phi) is 10.0. The van der Waals surface area contributed by atoms with Crippen LogP contribution in [-0.4, -0.2) is 52.4 Å². The lowest BCUT2D eigenvalue weighted by Crippen LogP contribution is -2.47. The van der Waals surface area contributed by atoms with Crippen molar-refractivity contribution in [2.24, 2.45) is 11.8 Å². The zero-order valence-electron chi connectivity index (χ0n) is 26.2. The second-order valence-electron chi connectivity index (χ2n) is 13.1. The summed E-state index contributed by atoms with van der Waals surface area (Å²) < 4.78 is 0. The third-order valence-electron chi connectivity index (χ3n) is 9.54. The number of aliphatic hydroxyl groups is 2. The van der Waals surface area contributed by atoms with Crippen LogP contribution in [0, 0.1) is 11.8 Å². The molecule has 6 rings (SSSR count). The van der Waals surface area contributed by atoms with Gasteiger partial charge in [0.15, 0.2) is 0 Å². The molecule has 2 aliphatic carbocycles. The number of benzene rings is 4. The molecule has 4 aromatic rings. The quantitative estimate of drug-likeness (QED) is 0.129. The second-order valence-corrected chi connectivity index (χ2v) is 15.9. The van der Waals surface area contributed by atoms with E-state index in [0.29, 0.717) is 12.8 Å². The second kappa shape index (κ2) is 14.3. The van der Waals surface area contributed by atoms with Gasteiger partial charge < -0.3 is 30.4 Å². The zero-order valence-corrected chi connectivity index (χ0v) is 27.2. The van der Waals surface area contributed by atoms with Gasteiger partial charge in [0.2, 0.25) is 11.8 Å². The summed E-state index contributed by atoms with van der Waals surface area (Å²) in [5.74, 6) is -2.35. The smallest absolute Gasteiger partial charge is 0.334 e. The van der Waals surface area contributed by atoms with Gasteiger partial charge >= 0.3 is 8.56 Å². The highest BCUT2D eigenvalue weighted by Gasteiger charge is 2.42. The molecule has 0 saturated carbocycles. The molecule has 0 fully saturated rings. The van der Waals surface area contributed by atoms with E-state index in [2.05, 4.69) is 10.6 Å². The minimum Gasteiger partial charge on any atom is -0.411 e. The molecule has 0 radical (unpaired) electrons. The molecule has 0 spiro atoms. The van der Waals surface area contributed by atoms with E-state index < -0.39 is 44.7 Å². The molecule has 4 aromatic carbocycles. The first kappa shape index (κ1) is 32.8. The van der Waals surface area contributed by atoms with Crippen LogP contribution in [0.1, 0.15) is 45.5 Å². The number of carbonyl (C=O) groups is 2. The lowest BCUT2D eigenvalue weighted by molar-refractivity contribution is -0.126. The minimum absolute atomic E-state index is 0.189. The topological polar surface area (TPSA) is 139 Å². The number of fused-ring (bicyclic) bond motifs is 2. The predicted molar refractivity (Wildman–Crippen MR) is 181 cm³/mol. The van der Waals surface area contributed by atoms with Crippen molar-refractivity contribution in [1.29, 1.82) is 0 Å². The van der Waals surface area contributed by atoms with E-state index in [1.54, 1.807) is 0 Å². The maximum Gasteiger partial charge on any atom is 0.334 e. The summed E-state index contributed by atoms with van der Waals surface area (Å²) >= 11 is 0. The van der Waals surface area contributed by atoms with Crippen molar-refractivity contribution in [2.45, 2.75) is 62.1 Å². The van der Waals surface area contributed by atoms with Crippen LogP contribution in [0.2, 0.25) is 12.1 Å². The molecule has 0 heterocycles. The Hall–Kier alpha value is -4.12. The molecule has 47 heavy (non-hydrogen) atoms. The van der Waals surface area contributed by atoms with Gasteiger partial charge in [0.25, 0.3) is 0 Å². The van der Waals surface area contributed by atoms with Gasteiger partial charge in [-0.1, -0.05) is 109 Å². The van der Waals surface area contributed by atoms with Crippen LogP contribution >= 0.6 is 0 Å². The summed E-state index contributed by atoms with van der Waals surface area (Å²) in [5.41, 5.74) is 5.41. The number of nitrogens with one attached hydrogen (secondary N) is 2. The number of hydrogen-bond donors (Lipinski definition) is 6. The standard InChI is InChI=1S/C38H42N2O6Si/c41-33-21-27-15-7-9-17-31(27)35(33)39-37(43)29(19-25-11-3-1-4-12-25)23-47(45,46)24-30(20-26-13-5-2-6-14-26)38(44)40-36-32-18-10-8-16-28(32)22-34(36)42/h1-18,29-30,33-36,41-42,45-46H,19-24H2,(H,39,43)(H,40,44)/t29-,30-,33-,34-,35+,36+/m1/s1. The highest BCUT2D eigenvalue weighted by molar-refractivity contribution is 6.65. The fourth-order valence-corrected chi connectivity index (χ4v) is 9.63. The summed E-state index contributed by atoms with van der Waals surface area (Å²) in [6.45, 7) is 0. The average Bonchev–Trinajstić information content (AvgIpc) is 3.55. The van der Waals surface area contributed by atoms with Crippen molar-refractivity contribution in [3.8, 4) is 0 Å². The first-order valence-corrected chi connectivity index (χ1v) is 18.6. The highest BCUT2D eigenvalue weighted by Crippen LogP contribution is 2.34. The fourth-order valence-electron chi connectivity index (χ4n) is 7.22. The van der Waals surface area contributed by atoms with Gasteiger partial charge in [0.05, 0.1) is 24.3 Å². The molecule has 0 aromatic heterocycles. The maximum absolute atomic E-state index is 13.9. The Balaban J connectivity index is 1.22. The van der Waals surface area contributed by atoms with Crippen molar-refractivity contribution in [3.63, 3.8) is 0 Å². The summed E-state index contributed by atoms with van der Waals surface area (Å²) in [5, 5.41) is 27.6. The van der Waals surface area contributed by atoms with Crippen LogP contribution in [0.3, 0.4) is 0 Å².